The molecular weight excluding hydrogens is 656 g/mol. The van der Waals surface area contributed by atoms with Crippen LogP contribution in [0, 0.1) is 5.92 Å². The fourth-order valence-corrected chi connectivity index (χ4v) is 7.44. The largest absolute Gasteiger partial charge is 0.497 e. The molecule has 266 valence electrons. The Labute approximate surface area is 303 Å². The average molecular weight is 699 g/mol. The number of rotatable bonds is 10. The molecule has 0 saturated heterocycles. The van der Waals surface area contributed by atoms with Gasteiger partial charge in [0.25, 0.3) is 5.91 Å². The molecule has 0 saturated carbocycles. The number of hydrogen-bond acceptors (Lipinski definition) is 7. The second-order valence-corrected chi connectivity index (χ2v) is 13.6. The lowest BCUT2D eigenvalue weighted by Crippen LogP contribution is -2.46. The van der Waals surface area contributed by atoms with Gasteiger partial charge in [0.2, 0.25) is 11.8 Å². The van der Waals surface area contributed by atoms with Crippen molar-refractivity contribution in [2.24, 2.45) is 11.0 Å². The minimum atomic E-state index is -1.93. The fourth-order valence-electron chi connectivity index (χ4n) is 7.44. The van der Waals surface area contributed by atoms with E-state index in [9.17, 15) is 24.6 Å². The third kappa shape index (κ3) is 6.51. The molecule has 0 spiro atoms. The van der Waals surface area contributed by atoms with Crippen molar-refractivity contribution < 1.29 is 29.3 Å². The Hall–Kier alpha value is -5.58. The summed E-state index contributed by atoms with van der Waals surface area (Å²) in [4.78, 5) is 44.0. The first kappa shape index (κ1) is 34.9. The van der Waals surface area contributed by atoms with Gasteiger partial charge in [-0.25, -0.2) is 5.01 Å². The number of carbonyl (C=O) groups excluding carboxylic acids is 3. The lowest BCUT2D eigenvalue weighted by molar-refractivity contribution is -0.139. The molecule has 3 amide bonds. The van der Waals surface area contributed by atoms with Gasteiger partial charge in [-0.1, -0.05) is 85.8 Å². The van der Waals surface area contributed by atoms with Crippen molar-refractivity contribution in [1.29, 1.82) is 0 Å². The van der Waals surface area contributed by atoms with E-state index in [4.69, 9.17) is 9.84 Å². The zero-order valence-electron chi connectivity index (χ0n) is 29.3. The highest BCUT2D eigenvalue weighted by atomic mass is 16.5. The van der Waals surface area contributed by atoms with E-state index >= 15 is 0 Å². The van der Waals surface area contributed by atoms with Crippen LogP contribution in [0.25, 0.3) is 0 Å². The number of aliphatic hydroxyl groups is 2. The summed E-state index contributed by atoms with van der Waals surface area (Å²) in [6.07, 6.45) is 4.92. The maximum Gasteiger partial charge on any atom is 0.264 e. The lowest BCUT2D eigenvalue weighted by Gasteiger charge is -2.36. The minimum absolute atomic E-state index is 0.0540. The van der Waals surface area contributed by atoms with Crippen LogP contribution in [-0.4, -0.2) is 58.3 Å². The monoisotopic (exact) mass is 698 g/mol. The first-order valence-electron chi connectivity index (χ1n) is 17.6. The van der Waals surface area contributed by atoms with Gasteiger partial charge in [0.15, 0.2) is 5.60 Å². The van der Waals surface area contributed by atoms with E-state index in [2.05, 4.69) is 0 Å². The Morgan fingerprint density at radius 2 is 1.75 bits per heavy atom. The second-order valence-electron chi connectivity index (χ2n) is 13.6. The van der Waals surface area contributed by atoms with Crippen LogP contribution >= 0.6 is 0 Å². The summed E-state index contributed by atoms with van der Waals surface area (Å²) in [6, 6.07) is 30.0. The van der Waals surface area contributed by atoms with Crippen LogP contribution in [0.3, 0.4) is 0 Å². The van der Waals surface area contributed by atoms with Gasteiger partial charge in [-0.05, 0) is 59.0 Å². The first-order chi connectivity index (χ1) is 25.2. The maximum atomic E-state index is 14.3. The van der Waals surface area contributed by atoms with E-state index in [1.54, 1.807) is 47.1 Å². The molecule has 0 aromatic heterocycles. The summed E-state index contributed by atoms with van der Waals surface area (Å²) in [5.74, 6) is -0.968. The summed E-state index contributed by atoms with van der Waals surface area (Å²) in [6.45, 7) is 2.17. The van der Waals surface area contributed by atoms with Crippen LogP contribution in [-0.2, 0) is 39.5 Å². The number of nitrogens with zero attached hydrogens (tertiary/aromatic N) is 4. The topological polar surface area (TPSA) is 123 Å². The smallest absolute Gasteiger partial charge is 0.264 e. The molecule has 3 aliphatic rings. The summed E-state index contributed by atoms with van der Waals surface area (Å²) in [7, 11) is 1.53. The van der Waals surface area contributed by atoms with E-state index in [-0.39, 0.29) is 37.4 Å². The van der Waals surface area contributed by atoms with Crippen molar-refractivity contribution in [3.8, 4) is 5.75 Å². The average Bonchev–Trinajstić information content (AvgIpc) is 3.39. The van der Waals surface area contributed by atoms with Gasteiger partial charge in [-0.15, -0.1) is 0 Å². The molecule has 10 heteroatoms. The van der Waals surface area contributed by atoms with E-state index in [1.807, 2.05) is 78.9 Å². The molecule has 3 aliphatic heterocycles. The molecule has 2 N–H and O–H groups in total. The zero-order chi connectivity index (χ0) is 36.4. The molecule has 0 fully saturated rings. The van der Waals surface area contributed by atoms with Crippen molar-refractivity contribution in [1.82, 2.24) is 4.90 Å². The van der Waals surface area contributed by atoms with Crippen molar-refractivity contribution in [2.45, 2.75) is 57.3 Å². The molecule has 3 atom stereocenters. The molecule has 3 heterocycles. The number of fused-ring (bicyclic) bond motifs is 2. The van der Waals surface area contributed by atoms with Gasteiger partial charge >= 0.3 is 0 Å². The van der Waals surface area contributed by atoms with E-state index in [0.29, 0.717) is 48.5 Å². The number of hydrazone groups is 1. The molecule has 0 radical (unpaired) electrons. The molecule has 10 nitrogen and oxygen atoms in total. The molecule has 0 aliphatic carbocycles. The predicted octanol–water partition coefficient (Wildman–Crippen LogP) is 5.49. The normalized spacial score (nSPS) is 20.5. The van der Waals surface area contributed by atoms with Gasteiger partial charge in [0, 0.05) is 37.3 Å². The van der Waals surface area contributed by atoms with Crippen molar-refractivity contribution in [3.05, 3.63) is 137 Å². The van der Waals surface area contributed by atoms with Crippen LogP contribution in [0.15, 0.2) is 114 Å². The molecule has 4 aromatic carbocycles. The number of hydrogen-bond donors (Lipinski definition) is 2. The number of methoxy groups -OCH3 is 1. The van der Waals surface area contributed by atoms with Gasteiger partial charge < -0.3 is 24.7 Å². The summed E-state index contributed by atoms with van der Waals surface area (Å²) in [5.41, 5.74) is 4.35. The fraction of sp³-hybridized carbons (Fsp3) is 0.286. The Balaban J connectivity index is 1.11. The van der Waals surface area contributed by atoms with E-state index in [1.165, 1.54) is 12.1 Å². The third-order valence-corrected chi connectivity index (χ3v) is 10.4. The maximum absolute atomic E-state index is 14.3. The third-order valence-electron chi connectivity index (χ3n) is 10.4. The highest BCUT2D eigenvalue weighted by molar-refractivity contribution is 6.09. The Kier molecular flexibility index (Phi) is 9.77. The van der Waals surface area contributed by atoms with Crippen LogP contribution in [0.1, 0.15) is 54.0 Å². The zero-order valence-corrected chi connectivity index (χ0v) is 29.3. The Bertz CT molecular complexity index is 2060. The first-order valence-corrected chi connectivity index (χ1v) is 17.6. The second kappa shape index (κ2) is 14.6. The summed E-state index contributed by atoms with van der Waals surface area (Å²) >= 11 is 0. The number of ether oxygens (including phenoxy) is 1. The number of benzene rings is 4. The van der Waals surface area contributed by atoms with Crippen molar-refractivity contribution >= 4 is 34.8 Å². The molecular formula is C42H42N4O6. The Morgan fingerprint density at radius 3 is 2.52 bits per heavy atom. The number of carbonyl (C=O) groups is 3. The molecule has 7 rings (SSSR count). The standard InChI is InChI=1S/C42H42N4O6/c1-28(10-8-17-39(48)44-26-32-15-7-6-14-31(32)23-34(44)27-47)42(51)36-24-35(52-2)18-20-38(36)45(41(42)50)25-29-11-9-16-33(22-29)46-40(49)21-19-37(43-46)30-12-4-3-5-13-30/h3-16,18,20,22,24,28,34,47,51H,17,19,21,23,25-27H2,1-2H3/b10-8+/t28-,34-,42+/m0/s1. The van der Waals surface area contributed by atoms with Gasteiger partial charge in [-0.3, -0.25) is 14.4 Å². The minimum Gasteiger partial charge on any atom is -0.497 e. The van der Waals surface area contributed by atoms with Gasteiger partial charge in [0.1, 0.15) is 5.75 Å². The quantitative estimate of drug-likeness (QED) is 0.211. The van der Waals surface area contributed by atoms with Crippen molar-refractivity contribution in [3.63, 3.8) is 0 Å². The van der Waals surface area contributed by atoms with E-state index in [0.717, 1.165) is 28.0 Å². The van der Waals surface area contributed by atoms with Gasteiger partial charge in [0.05, 0.1) is 43.4 Å². The number of aliphatic hydroxyl groups excluding tert-OH is 1. The Morgan fingerprint density at radius 1 is 0.981 bits per heavy atom. The summed E-state index contributed by atoms with van der Waals surface area (Å²) < 4.78 is 5.48. The van der Waals surface area contributed by atoms with Crippen LogP contribution in [0.2, 0.25) is 0 Å². The van der Waals surface area contributed by atoms with Crippen LogP contribution in [0.4, 0.5) is 11.4 Å². The molecule has 0 bridgehead atoms. The van der Waals surface area contributed by atoms with Crippen LogP contribution < -0.4 is 14.6 Å². The SMILES string of the molecule is COc1ccc2c(c1)[C@](O)([C@@H](C)/C=C/CC(=O)N1Cc3ccccc3C[C@H]1CO)C(=O)N2Cc1cccc(N2N=C(c3ccccc3)CCC2=O)c1. The molecule has 4 aromatic rings. The highest BCUT2D eigenvalue weighted by Gasteiger charge is 2.52. The lowest BCUT2D eigenvalue weighted by atomic mass is 9.82. The predicted molar refractivity (Wildman–Crippen MR) is 199 cm³/mol. The van der Waals surface area contributed by atoms with Crippen LogP contribution in [0.5, 0.6) is 5.75 Å². The number of amides is 3. The summed E-state index contributed by atoms with van der Waals surface area (Å²) in [5, 5.41) is 28.5. The van der Waals surface area contributed by atoms with Gasteiger partial charge in [-0.2, -0.15) is 5.10 Å². The van der Waals surface area contributed by atoms with Crippen molar-refractivity contribution in [2.75, 3.05) is 23.6 Å². The molecule has 0 unspecified atom stereocenters. The van der Waals surface area contributed by atoms with E-state index < -0.39 is 17.4 Å². The molecule has 52 heavy (non-hydrogen) atoms. The number of anilines is 2. The highest BCUT2D eigenvalue weighted by Crippen LogP contribution is 2.47.